The number of aromatic nitrogens is 1. The molecule has 0 aliphatic carbocycles. The lowest BCUT2D eigenvalue weighted by molar-refractivity contribution is 0.105. The number of ether oxygens (including phenoxy) is 2. The first-order chi connectivity index (χ1) is 9.05. The second-order valence-electron chi connectivity index (χ2n) is 5.24. The minimum atomic E-state index is -0.0921. The molecule has 2 atom stereocenters. The molecule has 2 rings (SSSR count). The second-order valence-corrected chi connectivity index (χ2v) is 5.24. The Labute approximate surface area is 114 Å². The summed E-state index contributed by atoms with van der Waals surface area (Å²) >= 11 is 0. The number of hydrogen-bond donors (Lipinski definition) is 2. The van der Waals surface area contributed by atoms with E-state index in [1.54, 1.807) is 0 Å². The standard InChI is InChI=1S/C14H23N3O2/c1-4-8-19-13-11(15)5-6-12(16-13)17-14(3)7-9-18-10(14)2/h5-6,10H,4,7-9,15H2,1-3H3,(H,16,17). The zero-order valence-electron chi connectivity index (χ0n) is 11.9. The quantitative estimate of drug-likeness (QED) is 0.855. The number of nitrogens with zero attached hydrogens (tertiary/aromatic N) is 1. The molecule has 1 saturated heterocycles. The first kappa shape index (κ1) is 13.9. The fourth-order valence-electron chi connectivity index (χ4n) is 2.13. The maximum Gasteiger partial charge on any atom is 0.239 e. The minimum absolute atomic E-state index is 0.0921. The number of rotatable bonds is 5. The van der Waals surface area contributed by atoms with Crippen molar-refractivity contribution in [2.45, 2.75) is 45.3 Å². The van der Waals surface area contributed by atoms with Crippen molar-refractivity contribution < 1.29 is 9.47 Å². The monoisotopic (exact) mass is 265 g/mol. The van der Waals surface area contributed by atoms with Crippen LogP contribution in [0.15, 0.2) is 12.1 Å². The Morgan fingerprint density at radius 1 is 1.58 bits per heavy atom. The number of anilines is 2. The number of nitrogens with two attached hydrogens (primary N) is 1. The molecule has 5 heteroatoms. The van der Waals surface area contributed by atoms with Gasteiger partial charge in [-0.25, -0.2) is 0 Å². The average molecular weight is 265 g/mol. The molecule has 2 unspecified atom stereocenters. The minimum Gasteiger partial charge on any atom is -0.476 e. The van der Waals surface area contributed by atoms with Crippen LogP contribution in [-0.2, 0) is 4.74 Å². The molecule has 106 valence electrons. The lowest BCUT2D eigenvalue weighted by atomic mass is 9.95. The van der Waals surface area contributed by atoms with E-state index in [4.69, 9.17) is 15.2 Å². The van der Waals surface area contributed by atoms with E-state index in [1.807, 2.05) is 12.1 Å². The molecule has 0 radical (unpaired) electrons. The van der Waals surface area contributed by atoms with Crippen LogP contribution < -0.4 is 15.8 Å². The zero-order valence-corrected chi connectivity index (χ0v) is 11.9. The van der Waals surface area contributed by atoms with Crippen molar-refractivity contribution in [1.29, 1.82) is 0 Å². The fraction of sp³-hybridized carbons (Fsp3) is 0.643. The van der Waals surface area contributed by atoms with E-state index < -0.39 is 0 Å². The van der Waals surface area contributed by atoms with Crippen LogP contribution in [0.25, 0.3) is 0 Å². The molecular formula is C14H23N3O2. The molecule has 5 nitrogen and oxygen atoms in total. The zero-order chi connectivity index (χ0) is 13.9. The Morgan fingerprint density at radius 3 is 3.00 bits per heavy atom. The van der Waals surface area contributed by atoms with E-state index in [0.29, 0.717) is 18.2 Å². The van der Waals surface area contributed by atoms with E-state index in [-0.39, 0.29) is 11.6 Å². The second kappa shape index (κ2) is 5.65. The van der Waals surface area contributed by atoms with E-state index in [0.717, 1.165) is 25.3 Å². The van der Waals surface area contributed by atoms with Crippen LogP contribution >= 0.6 is 0 Å². The molecule has 0 amide bonds. The Morgan fingerprint density at radius 2 is 2.37 bits per heavy atom. The summed E-state index contributed by atoms with van der Waals surface area (Å²) in [6, 6.07) is 3.70. The van der Waals surface area contributed by atoms with Crippen LogP contribution in [0.5, 0.6) is 5.88 Å². The summed E-state index contributed by atoms with van der Waals surface area (Å²) < 4.78 is 11.2. The number of nitrogen functional groups attached to an aromatic ring is 1. The molecule has 0 spiro atoms. The predicted molar refractivity (Wildman–Crippen MR) is 76.5 cm³/mol. The highest BCUT2D eigenvalue weighted by Gasteiger charge is 2.37. The van der Waals surface area contributed by atoms with Gasteiger partial charge in [0.2, 0.25) is 5.88 Å². The molecule has 0 aromatic carbocycles. The van der Waals surface area contributed by atoms with Gasteiger partial charge >= 0.3 is 0 Å². The highest BCUT2D eigenvalue weighted by Crippen LogP contribution is 2.30. The molecular weight excluding hydrogens is 242 g/mol. The van der Waals surface area contributed by atoms with Gasteiger partial charge in [-0.05, 0) is 38.8 Å². The third-order valence-electron chi connectivity index (χ3n) is 3.63. The van der Waals surface area contributed by atoms with Gasteiger partial charge in [0.25, 0.3) is 0 Å². The smallest absolute Gasteiger partial charge is 0.239 e. The van der Waals surface area contributed by atoms with Gasteiger partial charge in [-0.2, -0.15) is 4.98 Å². The molecule has 0 saturated carbocycles. The Kier molecular flexibility index (Phi) is 4.14. The maximum atomic E-state index is 5.86. The number of pyridine rings is 1. The van der Waals surface area contributed by atoms with E-state index in [2.05, 4.69) is 31.1 Å². The van der Waals surface area contributed by atoms with Crippen LogP contribution in [0.2, 0.25) is 0 Å². The van der Waals surface area contributed by atoms with Gasteiger partial charge in [0.05, 0.1) is 23.9 Å². The summed E-state index contributed by atoms with van der Waals surface area (Å²) in [5, 5.41) is 3.44. The first-order valence-electron chi connectivity index (χ1n) is 6.84. The SMILES string of the molecule is CCCOc1nc(NC2(C)CCOC2C)ccc1N. The van der Waals surface area contributed by atoms with Crippen LogP contribution in [-0.4, -0.2) is 29.8 Å². The predicted octanol–water partition coefficient (Wildman–Crippen LogP) is 2.43. The molecule has 1 fully saturated rings. The highest BCUT2D eigenvalue weighted by molar-refractivity contribution is 5.54. The molecule has 1 aliphatic rings. The van der Waals surface area contributed by atoms with E-state index >= 15 is 0 Å². The summed E-state index contributed by atoms with van der Waals surface area (Å²) in [6.45, 7) is 7.67. The van der Waals surface area contributed by atoms with Crippen LogP contribution in [0.3, 0.4) is 0 Å². The summed E-state index contributed by atoms with van der Waals surface area (Å²) in [4.78, 5) is 4.44. The third kappa shape index (κ3) is 3.10. The van der Waals surface area contributed by atoms with Crippen molar-refractivity contribution in [1.82, 2.24) is 4.98 Å². The Bertz CT molecular complexity index is 439. The summed E-state index contributed by atoms with van der Waals surface area (Å²) in [7, 11) is 0. The van der Waals surface area contributed by atoms with Gasteiger partial charge in [-0.3, -0.25) is 0 Å². The number of hydrogen-bond acceptors (Lipinski definition) is 5. The molecule has 1 aliphatic heterocycles. The van der Waals surface area contributed by atoms with Gasteiger partial charge in [0, 0.05) is 6.61 Å². The average Bonchev–Trinajstić information content (AvgIpc) is 2.70. The summed E-state index contributed by atoms with van der Waals surface area (Å²) in [6.07, 6.45) is 2.05. The first-order valence-corrected chi connectivity index (χ1v) is 6.84. The molecule has 3 N–H and O–H groups in total. The summed E-state index contributed by atoms with van der Waals surface area (Å²) in [5.41, 5.74) is 6.34. The van der Waals surface area contributed by atoms with Crippen LogP contribution in [0.1, 0.15) is 33.6 Å². The van der Waals surface area contributed by atoms with Crippen molar-refractivity contribution >= 4 is 11.5 Å². The Hall–Kier alpha value is -1.49. The van der Waals surface area contributed by atoms with Crippen molar-refractivity contribution in [3.05, 3.63) is 12.1 Å². The van der Waals surface area contributed by atoms with Gasteiger partial charge in [0.1, 0.15) is 5.82 Å². The lowest BCUT2D eigenvalue weighted by Crippen LogP contribution is -2.41. The van der Waals surface area contributed by atoms with Crippen LogP contribution in [0.4, 0.5) is 11.5 Å². The van der Waals surface area contributed by atoms with Gasteiger partial charge in [0.15, 0.2) is 0 Å². The third-order valence-corrected chi connectivity index (χ3v) is 3.63. The normalized spacial score (nSPS) is 26.4. The van der Waals surface area contributed by atoms with Gasteiger partial charge in [-0.1, -0.05) is 6.92 Å². The van der Waals surface area contributed by atoms with Gasteiger partial charge < -0.3 is 20.5 Å². The lowest BCUT2D eigenvalue weighted by Gasteiger charge is -2.29. The van der Waals surface area contributed by atoms with E-state index in [1.165, 1.54) is 0 Å². The molecule has 1 aromatic rings. The topological polar surface area (TPSA) is 69.4 Å². The fourth-order valence-corrected chi connectivity index (χ4v) is 2.13. The molecule has 0 bridgehead atoms. The number of nitrogens with one attached hydrogen (secondary N) is 1. The van der Waals surface area contributed by atoms with Crippen LogP contribution in [0, 0.1) is 0 Å². The van der Waals surface area contributed by atoms with Crippen molar-refractivity contribution in [3.8, 4) is 5.88 Å². The maximum absolute atomic E-state index is 5.86. The molecule has 19 heavy (non-hydrogen) atoms. The summed E-state index contributed by atoms with van der Waals surface area (Å²) in [5.74, 6) is 1.28. The van der Waals surface area contributed by atoms with Crippen molar-refractivity contribution in [3.63, 3.8) is 0 Å². The largest absolute Gasteiger partial charge is 0.476 e. The highest BCUT2D eigenvalue weighted by atomic mass is 16.5. The molecule has 2 heterocycles. The van der Waals surface area contributed by atoms with E-state index in [9.17, 15) is 0 Å². The Balaban J connectivity index is 2.12. The van der Waals surface area contributed by atoms with Crippen molar-refractivity contribution in [2.24, 2.45) is 0 Å². The van der Waals surface area contributed by atoms with Gasteiger partial charge in [-0.15, -0.1) is 0 Å². The molecule has 1 aromatic heterocycles. The van der Waals surface area contributed by atoms with Crippen molar-refractivity contribution in [2.75, 3.05) is 24.3 Å².